The van der Waals surface area contributed by atoms with Crippen LogP contribution in [0.5, 0.6) is 0 Å². The van der Waals surface area contributed by atoms with Crippen LogP contribution >= 0.6 is 0 Å². The molecular formula is C14H16FeO5. The van der Waals surface area contributed by atoms with Crippen LogP contribution < -0.4 is 0 Å². The Morgan fingerprint density at radius 2 is 1.30 bits per heavy atom. The van der Waals surface area contributed by atoms with Gasteiger partial charge in [-0.15, -0.1) is 0 Å². The molecule has 0 unspecified atom stereocenters. The van der Waals surface area contributed by atoms with Crippen molar-refractivity contribution >= 4 is 0 Å². The summed E-state index contributed by atoms with van der Waals surface area (Å²) in [5, 5.41) is 34.3. The van der Waals surface area contributed by atoms with Crippen molar-refractivity contribution in [1.29, 1.82) is 0 Å². The zero-order valence-electron chi connectivity index (χ0n) is 10.6. The molecule has 0 aromatic carbocycles. The molecule has 4 N–H and O–H groups in total. The van der Waals surface area contributed by atoms with Crippen molar-refractivity contribution in [3.05, 3.63) is 71.6 Å². The summed E-state index contributed by atoms with van der Waals surface area (Å²) in [6, 6.07) is 0. The monoisotopic (exact) mass is 320 g/mol. The van der Waals surface area contributed by atoms with Gasteiger partial charge in [0.05, 0.1) is 17.8 Å². The van der Waals surface area contributed by atoms with E-state index in [2.05, 4.69) is 0 Å². The molecule has 0 atom stereocenters. The van der Waals surface area contributed by atoms with E-state index in [9.17, 15) is 0 Å². The van der Waals surface area contributed by atoms with E-state index in [1.54, 1.807) is 48.6 Å². The SMILES string of the molecule is OC(O)=C1C=CC=C1.OCCOC(O)=C1C=CC=C1.[Fe]. The molecule has 0 aliphatic heterocycles. The molecule has 0 heterocycles. The number of hydrogen-bond acceptors (Lipinski definition) is 5. The van der Waals surface area contributed by atoms with E-state index in [0.29, 0.717) is 11.1 Å². The Hall–Kier alpha value is -1.88. The molecule has 0 amide bonds. The molecule has 2 aliphatic carbocycles. The second-order valence-corrected chi connectivity index (χ2v) is 3.55. The molecular weight excluding hydrogens is 304 g/mol. The van der Waals surface area contributed by atoms with Crippen LogP contribution in [0.4, 0.5) is 0 Å². The second kappa shape index (κ2) is 9.97. The molecule has 0 saturated carbocycles. The summed E-state index contributed by atoms with van der Waals surface area (Å²) in [5.74, 6) is -0.751. The first-order valence-electron chi connectivity index (χ1n) is 5.63. The molecule has 110 valence electrons. The largest absolute Gasteiger partial charge is 0.481 e. The maximum Gasteiger partial charge on any atom is 0.284 e. The minimum atomic E-state index is -0.616. The van der Waals surface area contributed by atoms with Gasteiger partial charge in [-0.3, -0.25) is 0 Å². The van der Waals surface area contributed by atoms with Crippen LogP contribution in [0.3, 0.4) is 0 Å². The predicted octanol–water partition coefficient (Wildman–Crippen LogP) is 2.33. The number of aliphatic hydroxyl groups excluding tert-OH is 3. The van der Waals surface area contributed by atoms with Gasteiger partial charge in [0.15, 0.2) is 0 Å². The Morgan fingerprint density at radius 3 is 1.65 bits per heavy atom. The summed E-state index contributed by atoms with van der Waals surface area (Å²) in [5.41, 5.74) is 1.10. The molecule has 20 heavy (non-hydrogen) atoms. The van der Waals surface area contributed by atoms with Crippen molar-refractivity contribution in [2.24, 2.45) is 0 Å². The van der Waals surface area contributed by atoms with Gasteiger partial charge in [0.1, 0.15) is 6.61 Å². The van der Waals surface area contributed by atoms with Crippen molar-refractivity contribution < 1.29 is 42.2 Å². The minimum Gasteiger partial charge on any atom is -0.481 e. The van der Waals surface area contributed by atoms with Crippen LogP contribution in [0.15, 0.2) is 71.6 Å². The summed E-state index contributed by atoms with van der Waals surface area (Å²) in [6.45, 7) is 0.0295. The standard InChI is InChI=1S/C8H10O3.C6H6O2.Fe/c9-5-6-11-8(10)7-3-1-2-4-7;7-6(8)5-3-1-2-4-5;/h1-4,9-10H,5-6H2;1-4,7-8H;. The molecule has 0 bridgehead atoms. The maximum atomic E-state index is 9.12. The summed E-state index contributed by atoms with van der Waals surface area (Å²) in [6.07, 6.45) is 13.8. The normalized spacial score (nSPS) is 13.8. The molecule has 6 heteroatoms. The first kappa shape index (κ1) is 18.1. The second-order valence-electron chi connectivity index (χ2n) is 3.55. The summed E-state index contributed by atoms with van der Waals surface area (Å²) < 4.78 is 4.76. The topological polar surface area (TPSA) is 90.2 Å². The maximum absolute atomic E-state index is 9.12. The number of hydrogen-bond donors (Lipinski definition) is 4. The molecule has 0 spiro atoms. The number of allylic oxidation sites excluding steroid dienone is 10. The number of aliphatic hydroxyl groups is 4. The molecule has 0 saturated heterocycles. The van der Waals surface area contributed by atoms with Crippen molar-refractivity contribution in [2.45, 2.75) is 0 Å². The third kappa shape index (κ3) is 6.33. The van der Waals surface area contributed by atoms with Gasteiger partial charge < -0.3 is 25.2 Å². The smallest absolute Gasteiger partial charge is 0.284 e. The van der Waals surface area contributed by atoms with Crippen LogP contribution in [-0.4, -0.2) is 33.6 Å². The summed E-state index contributed by atoms with van der Waals surface area (Å²) in [4.78, 5) is 0. The van der Waals surface area contributed by atoms with Gasteiger partial charge in [-0.1, -0.05) is 24.3 Å². The zero-order valence-corrected chi connectivity index (χ0v) is 11.7. The fraction of sp³-hybridized carbons (Fsp3) is 0.143. The van der Waals surface area contributed by atoms with Gasteiger partial charge in [-0.2, -0.15) is 0 Å². The Morgan fingerprint density at radius 1 is 0.850 bits per heavy atom. The van der Waals surface area contributed by atoms with Crippen molar-refractivity contribution in [3.8, 4) is 0 Å². The number of ether oxygens (including phenoxy) is 1. The van der Waals surface area contributed by atoms with Crippen LogP contribution in [0, 0.1) is 0 Å². The Bertz CT molecular complexity index is 452. The molecule has 0 radical (unpaired) electrons. The average molecular weight is 320 g/mol. The van der Waals surface area contributed by atoms with E-state index in [1.807, 2.05) is 0 Å². The predicted molar refractivity (Wildman–Crippen MR) is 71.5 cm³/mol. The fourth-order valence-corrected chi connectivity index (χ4v) is 1.27. The zero-order chi connectivity index (χ0) is 14.1. The molecule has 0 aromatic heterocycles. The Labute approximate surface area is 127 Å². The van der Waals surface area contributed by atoms with Crippen LogP contribution in [-0.2, 0) is 21.8 Å². The van der Waals surface area contributed by atoms with Crippen molar-refractivity contribution in [1.82, 2.24) is 0 Å². The van der Waals surface area contributed by atoms with Gasteiger partial charge in [0, 0.05) is 17.1 Å². The van der Waals surface area contributed by atoms with Crippen molar-refractivity contribution in [2.75, 3.05) is 13.2 Å². The first-order chi connectivity index (χ1) is 9.15. The van der Waals surface area contributed by atoms with Gasteiger partial charge >= 0.3 is 0 Å². The summed E-state index contributed by atoms with van der Waals surface area (Å²) >= 11 is 0. The quantitative estimate of drug-likeness (QED) is 0.473. The van der Waals surface area contributed by atoms with Gasteiger partial charge in [-0.25, -0.2) is 0 Å². The Kier molecular flexibility index (Phi) is 9.04. The third-order valence-electron chi connectivity index (χ3n) is 2.16. The third-order valence-corrected chi connectivity index (χ3v) is 2.16. The van der Waals surface area contributed by atoms with Gasteiger partial charge in [-0.05, 0) is 24.3 Å². The molecule has 5 nitrogen and oxygen atoms in total. The van der Waals surface area contributed by atoms with E-state index < -0.39 is 5.95 Å². The fourth-order valence-electron chi connectivity index (χ4n) is 1.27. The van der Waals surface area contributed by atoms with Gasteiger partial charge in [0.2, 0.25) is 0 Å². The van der Waals surface area contributed by atoms with Crippen LogP contribution in [0.1, 0.15) is 0 Å². The van der Waals surface area contributed by atoms with Crippen LogP contribution in [0.25, 0.3) is 0 Å². The molecule has 0 fully saturated rings. The molecule has 0 aromatic rings. The molecule has 2 aliphatic rings. The van der Waals surface area contributed by atoms with E-state index in [1.165, 1.54) is 0 Å². The number of rotatable bonds is 3. The first-order valence-corrected chi connectivity index (χ1v) is 5.63. The van der Waals surface area contributed by atoms with Crippen LogP contribution in [0.2, 0.25) is 0 Å². The van der Waals surface area contributed by atoms with Crippen molar-refractivity contribution in [3.63, 3.8) is 0 Å². The Balaban J connectivity index is 0.000000359. The molecule has 2 rings (SSSR count). The van der Waals surface area contributed by atoms with E-state index in [0.717, 1.165) is 0 Å². The van der Waals surface area contributed by atoms with Gasteiger partial charge in [0.25, 0.3) is 11.9 Å². The average Bonchev–Trinajstić information content (AvgIpc) is 3.07. The van der Waals surface area contributed by atoms with E-state index in [-0.39, 0.29) is 36.2 Å². The van der Waals surface area contributed by atoms with E-state index >= 15 is 0 Å². The van der Waals surface area contributed by atoms with E-state index in [4.69, 9.17) is 25.2 Å². The summed E-state index contributed by atoms with van der Waals surface area (Å²) in [7, 11) is 0. The minimum absolute atomic E-state index is 0.